The molecule has 7 nitrogen and oxygen atoms in total. The first-order valence-electron chi connectivity index (χ1n) is 7.82. The summed E-state index contributed by atoms with van der Waals surface area (Å²) in [5.74, 6) is 0.752. The Labute approximate surface area is 140 Å². The monoisotopic (exact) mass is 357 g/mol. The number of halogens is 3. The summed E-state index contributed by atoms with van der Waals surface area (Å²) < 4.78 is 39.0. The maximum absolute atomic E-state index is 12.5. The lowest BCUT2D eigenvalue weighted by Crippen LogP contribution is -2.22. The van der Waals surface area contributed by atoms with Gasteiger partial charge >= 0.3 is 11.9 Å². The van der Waals surface area contributed by atoms with Crippen molar-refractivity contribution in [1.82, 2.24) is 19.7 Å². The van der Waals surface area contributed by atoms with Gasteiger partial charge < -0.3 is 10.4 Å². The fourth-order valence-electron chi connectivity index (χ4n) is 3.16. The van der Waals surface area contributed by atoms with E-state index in [1.54, 1.807) is 7.05 Å². The molecule has 3 atom stereocenters. The van der Waals surface area contributed by atoms with Crippen LogP contribution in [-0.2, 0) is 13.2 Å². The van der Waals surface area contributed by atoms with Gasteiger partial charge in [-0.15, -0.1) is 0 Å². The first-order chi connectivity index (χ1) is 11.8. The summed E-state index contributed by atoms with van der Waals surface area (Å²) in [5, 5.41) is 19.5. The SMILES string of the molecule is Cn1c([C@H]2C[C@H](CNc3ccc(C(F)(F)F)cn3)[C@H](O)C2)n[nH]c1=O. The predicted molar refractivity (Wildman–Crippen MR) is 83.0 cm³/mol. The number of H-pyrrole nitrogens is 1. The molecule has 10 heteroatoms. The smallest absolute Gasteiger partial charge is 0.393 e. The number of pyridine rings is 1. The zero-order chi connectivity index (χ0) is 18.2. The van der Waals surface area contributed by atoms with Crippen molar-refractivity contribution in [3.05, 3.63) is 40.2 Å². The highest BCUT2D eigenvalue weighted by Crippen LogP contribution is 2.37. The van der Waals surface area contributed by atoms with E-state index in [9.17, 15) is 23.1 Å². The lowest BCUT2D eigenvalue weighted by molar-refractivity contribution is -0.137. The highest BCUT2D eigenvalue weighted by Gasteiger charge is 2.36. The van der Waals surface area contributed by atoms with Gasteiger partial charge in [-0.2, -0.15) is 18.3 Å². The molecule has 0 saturated heterocycles. The number of nitrogens with one attached hydrogen (secondary N) is 2. The summed E-state index contributed by atoms with van der Waals surface area (Å²) >= 11 is 0. The number of alkyl halides is 3. The molecule has 1 aliphatic carbocycles. The minimum atomic E-state index is -4.42. The van der Waals surface area contributed by atoms with Crippen molar-refractivity contribution in [3.63, 3.8) is 0 Å². The Kier molecular flexibility index (Phi) is 4.55. The van der Waals surface area contributed by atoms with E-state index in [0.29, 0.717) is 31.0 Å². The van der Waals surface area contributed by atoms with Gasteiger partial charge in [-0.25, -0.2) is 14.9 Å². The number of nitrogens with zero attached hydrogens (tertiary/aromatic N) is 3. The second kappa shape index (κ2) is 6.51. The third-order valence-electron chi connectivity index (χ3n) is 4.57. The van der Waals surface area contributed by atoms with Gasteiger partial charge in [0.1, 0.15) is 11.6 Å². The van der Waals surface area contributed by atoms with E-state index in [2.05, 4.69) is 20.5 Å². The fraction of sp³-hybridized carbons (Fsp3) is 0.533. The molecule has 0 spiro atoms. The summed E-state index contributed by atoms with van der Waals surface area (Å²) in [5.41, 5.74) is -1.11. The van der Waals surface area contributed by atoms with E-state index in [1.165, 1.54) is 10.6 Å². The van der Waals surface area contributed by atoms with Crippen LogP contribution in [0.2, 0.25) is 0 Å². The van der Waals surface area contributed by atoms with Crippen LogP contribution in [-0.4, -0.2) is 37.5 Å². The Morgan fingerprint density at radius 1 is 1.40 bits per heavy atom. The molecule has 0 aromatic carbocycles. The van der Waals surface area contributed by atoms with E-state index in [0.717, 1.165) is 12.3 Å². The van der Waals surface area contributed by atoms with Crippen molar-refractivity contribution >= 4 is 5.82 Å². The molecule has 1 fully saturated rings. The van der Waals surface area contributed by atoms with Crippen molar-refractivity contribution < 1.29 is 18.3 Å². The van der Waals surface area contributed by atoms with Crippen LogP contribution in [0.3, 0.4) is 0 Å². The summed E-state index contributed by atoms with van der Waals surface area (Å²) in [6, 6.07) is 2.22. The third-order valence-corrected chi connectivity index (χ3v) is 4.57. The number of aromatic nitrogens is 4. The largest absolute Gasteiger partial charge is 0.417 e. The van der Waals surface area contributed by atoms with Gasteiger partial charge in [0, 0.05) is 31.6 Å². The molecule has 0 bridgehead atoms. The average Bonchev–Trinajstić information content (AvgIpc) is 3.08. The van der Waals surface area contributed by atoms with E-state index < -0.39 is 17.8 Å². The van der Waals surface area contributed by atoms with Gasteiger partial charge in [0.25, 0.3) is 0 Å². The molecule has 1 aliphatic rings. The van der Waals surface area contributed by atoms with Crippen molar-refractivity contribution in [2.45, 2.75) is 31.0 Å². The molecule has 3 N–H and O–H groups in total. The normalized spacial score (nSPS) is 23.8. The molecule has 25 heavy (non-hydrogen) atoms. The van der Waals surface area contributed by atoms with Crippen molar-refractivity contribution in [2.75, 3.05) is 11.9 Å². The van der Waals surface area contributed by atoms with Gasteiger partial charge in [0.05, 0.1) is 11.7 Å². The van der Waals surface area contributed by atoms with Gasteiger partial charge in [0.15, 0.2) is 0 Å². The summed E-state index contributed by atoms with van der Waals surface area (Å²) in [7, 11) is 1.62. The molecule has 1 saturated carbocycles. The third kappa shape index (κ3) is 3.68. The van der Waals surface area contributed by atoms with Crippen molar-refractivity contribution in [2.24, 2.45) is 13.0 Å². The molecule has 0 unspecified atom stereocenters. The molecule has 136 valence electrons. The Balaban J connectivity index is 1.60. The summed E-state index contributed by atoms with van der Waals surface area (Å²) in [6.07, 6.45) is -3.13. The molecular weight excluding hydrogens is 339 g/mol. The molecule has 0 radical (unpaired) electrons. The standard InChI is InChI=1S/C15H18F3N5O2/c1-23-13(21-22-14(23)25)8-4-9(11(24)5-8)6-19-12-3-2-10(7-20-12)15(16,17)18/h2-3,7-9,11,24H,4-6H2,1H3,(H,19,20)(H,22,25)/t8-,9+,11+/m0/s1. The van der Waals surface area contributed by atoms with E-state index in [1.807, 2.05) is 0 Å². The maximum atomic E-state index is 12.5. The Morgan fingerprint density at radius 3 is 2.72 bits per heavy atom. The van der Waals surface area contributed by atoms with Crippen LogP contribution in [0, 0.1) is 5.92 Å². The minimum Gasteiger partial charge on any atom is -0.393 e. The molecule has 2 aromatic heterocycles. The quantitative estimate of drug-likeness (QED) is 0.771. The number of aromatic amines is 1. The second-order valence-corrected chi connectivity index (χ2v) is 6.25. The lowest BCUT2D eigenvalue weighted by Gasteiger charge is -2.15. The molecule has 2 aromatic rings. The number of hydrogen-bond acceptors (Lipinski definition) is 5. The minimum absolute atomic E-state index is 0.0497. The van der Waals surface area contributed by atoms with Gasteiger partial charge in [-0.3, -0.25) is 4.57 Å². The van der Waals surface area contributed by atoms with Crippen LogP contribution in [0.4, 0.5) is 19.0 Å². The highest BCUT2D eigenvalue weighted by atomic mass is 19.4. The predicted octanol–water partition coefficient (Wildman–Crippen LogP) is 1.49. The van der Waals surface area contributed by atoms with Crippen LogP contribution in [0.15, 0.2) is 23.1 Å². The van der Waals surface area contributed by atoms with E-state index in [-0.39, 0.29) is 17.5 Å². The Bertz CT molecular complexity index is 784. The van der Waals surface area contributed by atoms with Crippen LogP contribution < -0.4 is 11.0 Å². The van der Waals surface area contributed by atoms with Crippen molar-refractivity contribution in [3.8, 4) is 0 Å². The molecule has 0 aliphatic heterocycles. The summed E-state index contributed by atoms with van der Waals surface area (Å²) in [4.78, 5) is 15.2. The van der Waals surface area contributed by atoms with Crippen molar-refractivity contribution in [1.29, 1.82) is 0 Å². The van der Waals surface area contributed by atoms with Gasteiger partial charge in [0.2, 0.25) is 0 Å². The number of aliphatic hydroxyl groups is 1. The Hall–Kier alpha value is -2.36. The first kappa shape index (κ1) is 17.5. The first-order valence-corrected chi connectivity index (χ1v) is 7.82. The lowest BCUT2D eigenvalue weighted by atomic mass is 10.0. The Morgan fingerprint density at radius 2 is 2.16 bits per heavy atom. The number of hydrogen-bond donors (Lipinski definition) is 3. The number of aliphatic hydroxyl groups excluding tert-OH is 1. The fourth-order valence-corrected chi connectivity index (χ4v) is 3.16. The van der Waals surface area contributed by atoms with Crippen LogP contribution in [0.25, 0.3) is 0 Å². The van der Waals surface area contributed by atoms with Gasteiger partial charge in [-0.1, -0.05) is 0 Å². The second-order valence-electron chi connectivity index (χ2n) is 6.25. The zero-order valence-corrected chi connectivity index (χ0v) is 13.4. The maximum Gasteiger partial charge on any atom is 0.417 e. The molecular formula is C15H18F3N5O2. The van der Waals surface area contributed by atoms with E-state index >= 15 is 0 Å². The number of anilines is 1. The topological polar surface area (TPSA) is 95.8 Å². The van der Waals surface area contributed by atoms with E-state index in [4.69, 9.17) is 0 Å². The van der Waals surface area contributed by atoms with Gasteiger partial charge in [-0.05, 0) is 25.0 Å². The van der Waals surface area contributed by atoms with Crippen LogP contribution >= 0.6 is 0 Å². The average molecular weight is 357 g/mol. The molecule has 3 rings (SSSR count). The molecule has 2 heterocycles. The molecule has 0 amide bonds. The van der Waals surface area contributed by atoms with Crippen LogP contribution in [0.1, 0.15) is 30.1 Å². The highest BCUT2D eigenvalue weighted by molar-refractivity contribution is 5.36. The number of rotatable bonds is 4. The zero-order valence-electron chi connectivity index (χ0n) is 13.4. The van der Waals surface area contributed by atoms with Crippen LogP contribution in [0.5, 0.6) is 0 Å². The summed E-state index contributed by atoms with van der Waals surface area (Å²) in [6.45, 7) is 0.369.